The zero-order valence-electron chi connectivity index (χ0n) is 12.4. The fourth-order valence-corrected chi connectivity index (χ4v) is 2.24. The molecule has 0 heterocycles. The van der Waals surface area contributed by atoms with Gasteiger partial charge in [0.05, 0.1) is 19.8 Å². The van der Waals surface area contributed by atoms with Crippen molar-refractivity contribution in [3.63, 3.8) is 0 Å². The zero-order chi connectivity index (χ0) is 14.9. The standard InChI is InChI=1S/C15H22N2O3/c1-9-7-12(19-3)13(20-4)8-11(9)17-14(18)15(2,16)10-5-6-10/h7-8,10H,5-6,16H2,1-4H3,(H,17,18). The molecule has 0 radical (unpaired) electrons. The molecule has 0 saturated heterocycles. The molecule has 1 aromatic rings. The summed E-state index contributed by atoms with van der Waals surface area (Å²) in [7, 11) is 3.15. The van der Waals surface area contributed by atoms with Crippen LogP contribution < -0.4 is 20.5 Å². The molecule has 0 aromatic heterocycles. The van der Waals surface area contributed by atoms with E-state index in [2.05, 4.69) is 5.32 Å². The topological polar surface area (TPSA) is 73.6 Å². The Bertz CT molecular complexity index is 522. The fourth-order valence-electron chi connectivity index (χ4n) is 2.24. The van der Waals surface area contributed by atoms with Crippen LogP contribution in [0.25, 0.3) is 0 Å². The van der Waals surface area contributed by atoms with Crippen molar-refractivity contribution in [3.8, 4) is 11.5 Å². The summed E-state index contributed by atoms with van der Waals surface area (Å²) in [4.78, 5) is 12.3. The lowest BCUT2D eigenvalue weighted by Crippen LogP contribution is -2.50. The van der Waals surface area contributed by atoms with Gasteiger partial charge in [-0.15, -0.1) is 0 Å². The van der Waals surface area contributed by atoms with E-state index < -0.39 is 5.54 Å². The predicted molar refractivity (Wildman–Crippen MR) is 78.2 cm³/mol. The summed E-state index contributed by atoms with van der Waals surface area (Å²) < 4.78 is 10.5. The van der Waals surface area contributed by atoms with Crippen molar-refractivity contribution >= 4 is 11.6 Å². The van der Waals surface area contributed by atoms with Gasteiger partial charge < -0.3 is 20.5 Å². The van der Waals surface area contributed by atoms with E-state index in [-0.39, 0.29) is 11.8 Å². The number of carbonyl (C=O) groups is 1. The molecule has 3 N–H and O–H groups in total. The number of aryl methyl sites for hydroxylation is 1. The third kappa shape index (κ3) is 2.72. The third-order valence-corrected chi connectivity index (χ3v) is 3.89. The minimum absolute atomic E-state index is 0.157. The van der Waals surface area contributed by atoms with Crippen molar-refractivity contribution in [2.45, 2.75) is 32.2 Å². The van der Waals surface area contributed by atoms with Crippen LogP contribution >= 0.6 is 0 Å². The molecule has 1 unspecified atom stereocenters. The van der Waals surface area contributed by atoms with Gasteiger partial charge in [-0.1, -0.05) is 0 Å². The first-order valence-electron chi connectivity index (χ1n) is 6.73. The Morgan fingerprint density at radius 3 is 2.35 bits per heavy atom. The van der Waals surface area contributed by atoms with Crippen LogP contribution in [0.4, 0.5) is 5.69 Å². The minimum Gasteiger partial charge on any atom is -0.493 e. The Balaban J connectivity index is 2.22. The van der Waals surface area contributed by atoms with Crippen molar-refractivity contribution in [2.24, 2.45) is 11.7 Å². The van der Waals surface area contributed by atoms with E-state index in [1.165, 1.54) is 0 Å². The third-order valence-electron chi connectivity index (χ3n) is 3.89. The summed E-state index contributed by atoms with van der Waals surface area (Å²) in [5, 5.41) is 2.90. The van der Waals surface area contributed by atoms with Crippen LogP contribution in [0.1, 0.15) is 25.3 Å². The molecule has 1 saturated carbocycles. The number of nitrogens with two attached hydrogens (primary N) is 1. The van der Waals surface area contributed by atoms with E-state index in [9.17, 15) is 4.79 Å². The molecule has 1 atom stereocenters. The van der Waals surface area contributed by atoms with E-state index >= 15 is 0 Å². The number of benzene rings is 1. The van der Waals surface area contributed by atoms with Crippen molar-refractivity contribution in [1.82, 2.24) is 0 Å². The molecular formula is C15H22N2O3. The van der Waals surface area contributed by atoms with Gasteiger partial charge in [-0.3, -0.25) is 4.79 Å². The molecule has 1 aliphatic carbocycles. The highest BCUT2D eigenvalue weighted by Crippen LogP contribution is 2.39. The maximum atomic E-state index is 12.3. The Morgan fingerprint density at radius 2 is 1.85 bits per heavy atom. The first kappa shape index (κ1) is 14.7. The van der Waals surface area contributed by atoms with Gasteiger partial charge in [0.25, 0.3) is 0 Å². The molecule has 0 spiro atoms. The van der Waals surface area contributed by atoms with Crippen molar-refractivity contribution in [3.05, 3.63) is 17.7 Å². The molecule has 1 amide bonds. The maximum absolute atomic E-state index is 12.3. The molecule has 0 aliphatic heterocycles. The van der Waals surface area contributed by atoms with Gasteiger partial charge in [-0.2, -0.15) is 0 Å². The van der Waals surface area contributed by atoms with Gasteiger partial charge in [-0.05, 0) is 44.2 Å². The number of anilines is 1. The lowest BCUT2D eigenvalue weighted by molar-refractivity contribution is -0.121. The molecular weight excluding hydrogens is 256 g/mol. The van der Waals surface area contributed by atoms with E-state index in [1.54, 1.807) is 27.2 Å². The van der Waals surface area contributed by atoms with Gasteiger partial charge in [0, 0.05) is 11.8 Å². The van der Waals surface area contributed by atoms with Gasteiger partial charge in [-0.25, -0.2) is 0 Å². The Labute approximate surface area is 119 Å². The largest absolute Gasteiger partial charge is 0.493 e. The second-order valence-electron chi connectivity index (χ2n) is 5.53. The number of methoxy groups -OCH3 is 2. The second kappa shape index (κ2) is 5.32. The van der Waals surface area contributed by atoms with Crippen LogP contribution in [-0.4, -0.2) is 25.7 Å². The number of nitrogens with one attached hydrogen (secondary N) is 1. The van der Waals surface area contributed by atoms with Gasteiger partial charge >= 0.3 is 0 Å². The summed E-state index contributed by atoms with van der Waals surface area (Å²) >= 11 is 0. The molecule has 5 heteroatoms. The van der Waals surface area contributed by atoms with E-state index in [4.69, 9.17) is 15.2 Å². The van der Waals surface area contributed by atoms with Crippen molar-refractivity contribution in [1.29, 1.82) is 0 Å². The molecule has 110 valence electrons. The highest BCUT2D eigenvalue weighted by molar-refractivity contribution is 5.99. The summed E-state index contributed by atoms with van der Waals surface area (Å²) in [6.07, 6.45) is 2.04. The lowest BCUT2D eigenvalue weighted by atomic mass is 9.96. The number of amides is 1. The lowest BCUT2D eigenvalue weighted by Gasteiger charge is -2.24. The normalized spacial score (nSPS) is 17.2. The first-order valence-corrected chi connectivity index (χ1v) is 6.73. The van der Waals surface area contributed by atoms with E-state index in [0.717, 1.165) is 18.4 Å². The molecule has 1 fully saturated rings. The minimum atomic E-state index is -0.820. The molecule has 0 bridgehead atoms. The number of hydrogen-bond acceptors (Lipinski definition) is 4. The SMILES string of the molecule is COc1cc(C)c(NC(=O)C(C)(N)C2CC2)cc1OC. The smallest absolute Gasteiger partial charge is 0.244 e. The average molecular weight is 278 g/mol. The Kier molecular flexibility index (Phi) is 3.90. The number of hydrogen-bond donors (Lipinski definition) is 2. The monoisotopic (exact) mass is 278 g/mol. The number of carbonyl (C=O) groups excluding carboxylic acids is 1. The highest BCUT2D eigenvalue weighted by Gasteiger charge is 2.44. The Hall–Kier alpha value is -1.75. The summed E-state index contributed by atoms with van der Waals surface area (Å²) in [5.41, 5.74) is 6.91. The van der Waals surface area contributed by atoms with E-state index in [0.29, 0.717) is 17.2 Å². The second-order valence-corrected chi connectivity index (χ2v) is 5.53. The van der Waals surface area contributed by atoms with E-state index in [1.807, 2.05) is 13.0 Å². The molecule has 5 nitrogen and oxygen atoms in total. The maximum Gasteiger partial charge on any atom is 0.244 e. The van der Waals surface area contributed by atoms with Crippen LogP contribution in [0.15, 0.2) is 12.1 Å². The van der Waals surface area contributed by atoms with Crippen LogP contribution in [0.5, 0.6) is 11.5 Å². The molecule has 1 aliphatic rings. The summed E-state index contributed by atoms with van der Waals surface area (Å²) in [6, 6.07) is 3.59. The van der Waals surface area contributed by atoms with Crippen LogP contribution in [0.2, 0.25) is 0 Å². The van der Waals surface area contributed by atoms with Crippen LogP contribution in [0.3, 0.4) is 0 Å². The fraction of sp³-hybridized carbons (Fsp3) is 0.533. The molecule has 20 heavy (non-hydrogen) atoms. The molecule has 2 rings (SSSR count). The first-order chi connectivity index (χ1) is 9.40. The van der Waals surface area contributed by atoms with Crippen molar-refractivity contribution < 1.29 is 14.3 Å². The highest BCUT2D eigenvalue weighted by atomic mass is 16.5. The quantitative estimate of drug-likeness (QED) is 0.865. The van der Waals surface area contributed by atoms with Gasteiger partial charge in [0.1, 0.15) is 0 Å². The summed E-state index contributed by atoms with van der Waals surface area (Å²) in [6.45, 7) is 3.69. The van der Waals surface area contributed by atoms with Gasteiger partial charge in [0.2, 0.25) is 5.91 Å². The number of ether oxygens (including phenoxy) is 2. The number of rotatable bonds is 5. The predicted octanol–water partition coefficient (Wildman–Crippen LogP) is 2.08. The molecule has 1 aromatic carbocycles. The van der Waals surface area contributed by atoms with Gasteiger partial charge in [0.15, 0.2) is 11.5 Å². The van der Waals surface area contributed by atoms with Crippen molar-refractivity contribution in [2.75, 3.05) is 19.5 Å². The van der Waals surface area contributed by atoms with Crippen LogP contribution in [0, 0.1) is 12.8 Å². The van der Waals surface area contributed by atoms with Crippen LogP contribution in [-0.2, 0) is 4.79 Å². The zero-order valence-corrected chi connectivity index (χ0v) is 12.4. The average Bonchev–Trinajstić information content (AvgIpc) is 3.25. The Morgan fingerprint density at radius 1 is 1.30 bits per heavy atom. The summed E-state index contributed by atoms with van der Waals surface area (Å²) in [5.74, 6) is 1.34.